The molecule has 11 heavy (non-hydrogen) atoms. The van der Waals surface area contributed by atoms with Crippen molar-refractivity contribution in [3.8, 4) is 0 Å². The molecule has 1 N–H and O–H groups in total. The molecule has 0 fully saturated rings. The Morgan fingerprint density at radius 2 is 2.00 bits per heavy atom. The van der Waals surface area contributed by atoms with Crippen molar-refractivity contribution in [2.24, 2.45) is 0 Å². The van der Waals surface area contributed by atoms with Crippen molar-refractivity contribution in [1.29, 1.82) is 0 Å². The first kappa shape index (κ1) is 7.23. The van der Waals surface area contributed by atoms with Gasteiger partial charge >= 0.3 is 0 Å². The average molecular weight is 170 g/mol. The van der Waals surface area contributed by atoms with Crippen LogP contribution >= 0.6 is 11.6 Å². The van der Waals surface area contributed by atoms with Crippen LogP contribution < -0.4 is 0 Å². The molecular formula is C9H12ClN. The highest BCUT2D eigenvalue weighted by Crippen LogP contribution is 2.26. The smallest absolute Gasteiger partial charge is 0.0615 e. The lowest BCUT2D eigenvalue weighted by Crippen LogP contribution is -1.86. The van der Waals surface area contributed by atoms with E-state index in [0.29, 0.717) is 0 Å². The van der Waals surface area contributed by atoms with E-state index in [1.807, 2.05) is 6.20 Å². The standard InChI is InChI=1S/C9H12ClN/c10-8-6-11-9-5-3-1-2-4-7(8)9/h6,11H,1-5H2. The van der Waals surface area contributed by atoms with Gasteiger partial charge in [-0.3, -0.25) is 0 Å². The molecule has 0 spiro atoms. The van der Waals surface area contributed by atoms with E-state index in [1.165, 1.54) is 36.9 Å². The quantitative estimate of drug-likeness (QED) is 0.575. The first-order valence-corrected chi connectivity index (χ1v) is 4.60. The van der Waals surface area contributed by atoms with Crippen molar-refractivity contribution < 1.29 is 0 Å². The molecule has 1 nitrogen and oxygen atoms in total. The fourth-order valence-electron chi connectivity index (χ4n) is 1.74. The molecule has 1 aromatic rings. The number of fused-ring (bicyclic) bond motifs is 1. The molecule has 60 valence electrons. The second-order valence-electron chi connectivity index (χ2n) is 3.15. The summed E-state index contributed by atoms with van der Waals surface area (Å²) < 4.78 is 0. The molecule has 0 saturated carbocycles. The van der Waals surface area contributed by atoms with E-state index in [4.69, 9.17) is 11.6 Å². The van der Waals surface area contributed by atoms with Crippen LogP contribution in [0.4, 0.5) is 0 Å². The molecule has 1 aliphatic carbocycles. The molecule has 0 radical (unpaired) electrons. The van der Waals surface area contributed by atoms with Crippen molar-refractivity contribution in [3.05, 3.63) is 22.5 Å². The van der Waals surface area contributed by atoms with Crippen LogP contribution in [0.1, 0.15) is 30.5 Å². The maximum Gasteiger partial charge on any atom is 0.0615 e. The topological polar surface area (TPSA) is 15.8 Å². The van der Waals surface area contributed by atoms with E-state index in [9.17, 15) is 0 Å². The average Bonchev–Trinajstić information content (AvgIpc) is 2.25. The zero-order valence-corrected chi connectivity index (χ0v) is 7.25. The summed E-state index contributed by atoms with van der Waals surface area (Å²) in [5.41, 5.74) is 2.73. The summed E-state index contributed by atoms with van der Waals surface area (Å²) >= 11 is 6.00. The summed E-state index contributed by atoms with van der Waals surface area (Å²) in [5.74, 6) is 0. The first-order valence-electron chi connectivity index (χ1n) is 4.22. The van der Waals surface area contributed by atoms with Crippen LogP contribution in [0.3, 0.4) is 0 Å². The van der Waals surface area contributed by atoms with Crippen LogP contribution in [0.2, 0.25) is 5.02 Å². The van der Waals surface area contributed by atoms with Gasteiger partial charge in [0.15, 0.2) is 0 Å². The predicted octanol–water partition coefficient (Wildman–Crippen LogP) is 2.94. The molecular weight excluding hydrogens is 158 g/mol. The highest BCUT2D eigenvalue weighted by atomic mass is 35.5. The number of H-pyrrole nitrogens is 1. The number of hydrogen-bond acceptors (Lipinski definition) is 0. The zero-order chi connectivity index (χ0) is 7.68. The van der Waals surface area contributed by atoms with Crippen LogP contribution in [0.25, 0.3) is 0 Å². The van der Waals surface area contributed by atoms with Gasteiger partial charge in [0.25, 0.3) is 0 Å². The molecule has 1 aromatic heterocycles. The van der Waals surface area contributed by atoms with Gasteiger partial charge in [0.05, 0.1) is 5.02 Å². The van der Waals surface area contributed by atoms with Crippen LogP contribution in [-0.4, -0.2) is 4.98 Å². The maximum absolute atomic E-state index is 6.00. The third-order valence-electron chi connectivity index (χ3n) is 2.38. The Morgan fingerprint density at radius 3 is 2.91 bits per heavy atom. The zero-order valence-electron chi connectivity index (χ0n) is 6.49. The molecule has 0 aromatic carbocycles. The second kappa shape index (κ2) is 2.90. The fraction of sp³-hybridized carbons (Fsp3) is 0.556. The minimum Gasteiger partial charge on any atom is -0.363 e. The van der Waals surface area contributed by atoms with Gasteiger partial charge in [-0.1, -0.05) is 18.0 Å². The van der Waals surface area contributed by atoms with E-state index in [1.54, 1.807) is 0 Å². The molecule has 2 heteroatoms. The lowest BCUT2D eigenvalue weighted by Gasteiger charge is -1.95. The van der Waals surface area contributed by atoms with Gasteiger partial charge in [-0.05, 0) is 31.2 Å². The van der Waals surface area contributed by atoms with Crippen molar-refractivity contribution >= 4 is 11.6 Å². The van der Waals surface area contributed by atoms with E-state index in [-0.39, 0.29) is 0 Å². The van der Waals surface area contributed by atoms with Gasteiger partial charge in [-0.15, -0.1) is 0 Å². The Morgan fingerprint density at radius 1 is 1.18 bits per heavy atom. The highest BCUT2D eigenvalue weighted by molar-refractivity contribution is 6.31. The normalized spacial score (nSPS) is 17.5. The van der Waals surface area contributed by atoms with Gasteiger partial charge in [0.2, 0.25) is 0 Å². The minimum atomic E-state index is 0.932. The van der Waals surface area contributed by atoms with Gasteiger partial charge in [0, 0.05) is 11.9 Å². The number of aromatic amines is 1. The Labute approximate surface area is 71.8 Å². The lowest BCUT2D eigenvalue weighted by atomic mass is 10.1. The molecule has 1 heterocycles. The SMILES string of the molecule is Clc1c[nH]c2c1CCCCC2. The van der Waals surface area contributed by atoms with Crippen molar-refractivity contribution in [2.45, 2.75) is 32.1 Å². The Kier molecular flexibility index (Phi) is 1.91. The summed E-state index contributed by atoms with van der Waals surface area (Å²) in [6.45, 7) is 0. The summed E-state index contributed by atoms with van der Waals surface area (Å²) in [4.78, 5) is 3.23. The highest BCUT2D eigenvalue weighted by Gasteiger charge is 2.11. The molecule has 0 aliphatic heterocycles. The number of halogens is 1. The number of aromatic nitrogens is 1. The minimum absolute atomic E-state index is 0.932. The van der Waals surface area contributed by atoms with Crippen LogP contribution in [0, 0.1) is 0 Å². The molecule has 0 saturated heterocycles. The van der Waals surface area contributed by atoms with Crippen LogP contribution in [-0.2, 0) is 12.8 Å². The Balaban J connectivity index is 2.35. The van der Waals surface area contributed by atoms with E-state index >= 15 is 0 Å². The van der Waals surface area contributed by atoms with Crippen LogP contribution in [0.5, 0.6) is 0 Å². The molecule has 0 unspecified atom stereocenters. The summed E-state index contributed by atoms with van der Waals surface area (Å²) in [6.07, 6.45) is 8.21. The first-order chi connectivity index (χ1) is 5.38. The number of hydrogen-bond donors (Lipinski definition) is 1. The Bertz CT molecular complexity index is 252. The van der Waals surface area contributed by atoms with E-state index < -0.39 is 0 Å². The Hall–Kier alpha value is -0.430. The number of nitrogens with one attached hydrogen (secondary N) is 1. The van der Waals surface area contributed by atoms with Gasteiger partial charge in [-0.25, -0.2) is 0 Å². The monoisotopic (exact) mass is 169 g/mol. The third-order valence-corrected chi connectivity index (χ3v) is 2.72. The lowest BCUT2D eigenvalue weighted by molar-refractivity contribution is 0.707. The molecule has 2 rings (SSSR count). The largest absolute Gasteiger partial charge is 0.363 e. The van der Waals surface area contributed by atoms with Crippen molar-refractivity contribution in [1.82, 2.24) is 4.98 Å². The number of aryl methyl sites for hydroxylation is 1. The van der Waals surface area contributed by atoms with Crippen molar-refractivity contribution in [2.75, 3.05) is 0 Å². The van der Waals surface area contributed by atoms with Gasteiger partial charge in [-0.2, -0.15) is 0 Å². The van der Waals surface area contributed by atoms with Crippen molar-refractivity contribution in [3.63, 3.8) is 0 Å². The summed E-state index contributed by atoms with van der Waals surface area (Å²) in [6, 6.07) is 0. The fourth-order valence-corrected chi connectivity index (χ4v) is 2.01. The van der Waals surface area contributed by atoms with Gasteiger partial charge < -0.3 is 4.98 Å². The maximum atomic E-state index is 6.00. The predicted molar refractivity (Wildman–Crippen MR) is 47.1 cm³/mol. The summed E-state index contributed by atoms with van der Waals surface area (Å²) in [5, 5.41) is 0.932. The van der Waals surface area contributed by atoms with E-state index in [0.717, 1.165) is 11.4 Å². The number of rotatable bonds is 0. The molecule has 0 bridgehead atoms. The van der Waals surface area contributed by atoms with Gasteiger partial charge in [0.1, 0.15) is 0 Å². The second-order valence-corrected chi connectivity index (χ2v) is 3.56. The third kappa shape index (κ3) is 1.30. The summed E-state index contributed by atoms with van der Waals surface area (Å²) in [7, 11) is 0. The molecule has 0 atom stereocenters. The molecule has 1 aliphatic rings. The van der Waals surface area contributed by atoms with Crippen LogP contribution in [0.15, 0.2) is 6.20 Å². The van der Waals surface area contributed by atoms with E-state index in [2.05, 4.69) is 4.98 Å². The molecule has 0 amide bonds.